The van der Waals surface area contributed by atoms with Gasteiger partial charge in [0.1, 0.15) is 0 Å². The van der Waals surface area contributed by atoms with Crippen LogP contribution >= 0.6 is 0 Å². The lowest BCUT2D eigenvalue weighted by Gasteiger charge is -2.33. The van der Waals surface area contributed by atoms with Crippen molar-refractivity contribution in [1.82, 2.24) is 4.90 Å². The lowest BCUT2D eigenvalue weighted by atomic mass is 9.90. The molecule has 148 valence electrons. The Balaban J connectivity index is 1.42. The molecule has 5 heteroatoms. The normalized spacial score (nSPS) is 16.7. The number of nitrogens with zero attached hydrogens (tertiary/aromatic N) is 1. The van der Waals surface area contributed by atoms with Crippen molar-refractivity contribution in [3.8, 4) is 0 Å². The zero-order valence-corrected chi connectivity index (χ0v) is 16.0. The fourth-order valence-corrected chi connectivity index (χ4v) is 3.62. The van der Waals surface area contributed by atoms with Gasteiger partial charge in [-0.1, -0.05) is 42.5 Å². The third kappa shape index (κ3) is 5.67. The highest BCUT2D eigenvalue weighted by Crippen LogP contribution is 2.27. The van der Waals surface area contributed by atoms with Crippen molar-refractivity contribution in [2.75, 3.05) is 19.7 Å². The van der Waals surface area contributed by atoms with Gasteiger partial charge in [-0.15, -0.1) is 0 Å². The molecule has 1 heterocycles. The van der Waals surface area contributed by atoms with Crippen molar-refractivity contribution in [3.05, 3.63) is 71.3 Å². The predicted molar refractivity (Wildman–Crippen MR) is 107 cm³/mol. The van der Waals surface area contributed by atoms with Crippen LogP contribution in [0.5, 0.6) is 0 Å². The molecule has 3 rings (SSSR count). The third-order valence-electron chi connectivity index (χ3n) is 5.19. The quantitative estimate of drug-likeness (QED) is 0.700. The predicted octanol–water partition coefficient (Wildman–Crippen LogP) is 4.09. The molecule has 1 atom stereocenters. The van der Waals surface area contributed by atoms with E-state index >= 15 is 0 Å². The second-order valence-electron chi connectivity index (χ2n) is 7.25. The van der Waals surface area contributed by atoms with Crippen LogP contribution in [0.1, 0.15) is 53.1 Å². The van der Waals surface area contributed by atoms with Crippen LogP contribution in [0, 0.1) is 0 Å². The van der Waals surface area contributed by atoms with E-state index in [0.29, 0.717) is 31.7 Å². The van der Waals surface area contributed by atoms with Crippen LogP contribution in [-0.4, -0.2) is 41.6 Å². The van der Waals surface area contributed by atoms with Gasteiger partial charge in [-0.2, -0.15) is 0 Å². The van der Waals surface area contributed by atoms with Gasteiger partial charge in [-0.05, 0) is 42.5 Å². The van der Waals surface area contributed by atoms with Gasteiger partial charge in [0.05, 0.1) is 12.2 Å². The summed E-state index contributed by atoms with van der Waals surface area (Å²) in [6.07, 6.45) is 3.22. The number of carbonyl (C=O) groups is 2. The van der Waals surface area contributed by atoms with Crippen LogP contribution in [0.15, 0.2) is 54.6 Å². The van der Waals surface area contributed by atoms with Gasteiger partial charge in [-0.3, -0.25) is 4.79 Å². The molecule has 1 aliphatic heterocycles. The molecule has 1 N–H and O–H groups in total. The van der Waals surface area contributed by atoms with E-state index in [0.717, 1.165) is 36.9 Å². The van der Waals surface area contributed by atoms with E-state index in [-0.39, 0.29) is 11.8 Å². The number of carboxylic acid groups (broad SMARTS) is 1. The Kier molecular flexibility index (Phi) is 7.20. The number of benzene rings is 2. The molecule has 0 radical (unpaired) electrons. The molecule has 1 amide bonds. The first-order valence-electron chi connectivity index (χ1n) is 9.86. The minimum Gasteiger partial charge on any atom is -0.478 e. The molecule has 2 aromatic carbocycles. The molecule has 1 aliphatic rings. The summed E-state index contributed by atoms with van der Waals surface area (Å²) < 4.78 is 5.66. The van der Waals surface area contributed by atoms with Gasteiger partial charge < -0.3 is 14.7 Å². The number of rotatable bonds is 8. The summed E-state index contributed by atoms with van der Waals surface area (Å²) >= 11 is 0. The van der Waals surface area contributed by atoms with Gasteiger partial charge in [0, 0.05) is 32.0 Å². The number of hydrogen-bond acceptors (Lipinski definition) is 3. The van der Waals surface area contributed by atoms with E-state index < -0.39 is 5.97 Å². The number of carboxylic acids is 1. The SMILES string of the molecule is O=C(O)c1ccc([C@H]2CCCN(C(=O)CCCOCc3ccccc3)C2)cc1. The summed E-state index contributed by atoms with van der Waals surface area (Å²) in [7, 11) is 0. The minimum atomic E-state index is -0.915. The van der Waals surface area contributed by atoms with Crippen molar-refractivity contribution in [1.29, 1.82) is 0 Å². The Hall–Kier alpha value is -2.66. The van der Waals surface area contributed by atoms with Crippen molar-refractivity contribution >= 4 is 11.9 Å². The number of ether oxygens (including phenoxy) is 1. The summed E-state index contributed by atoms with van der Waals surface area (Å²) in [5.41, 5.74) is 2.54. The molecule has 0 bridgehead atoms. The lowest BCUT2D eigenvalue weighted by molar-refractivity contribution is -0.132. The first kappa shape index (κ1) is 20.1. The second kappa shape index (κ2) is 10.0. The van der Waals surface area contributed by atoms with Gasteiger partial charge >= 0.3 is 5.97 Å². The van der Waals surface area contributed by atoms with Gasteiger partial charge in [0.25, 0.3) is 0 Å². The molecule has 1 saturated heterocycles. The molecule has 1 fully saturated rings. The maximum absolute atomic E-state index is 12.5. The van der Waals surface area contributed by atoms with Gasteiger partial charge in [0.2, 0.25) is 5.91 Å². The molecule has 0 saturated carbocycles. The molecule has 0 aliphatic carbocycles. The van der Waals surface area contributed by atoms with E-state index in [4.69, 9.17) is 9.84 Å². The zero-order valence-electron chi connectivity index (χ0n) is 16.0. The molecule has 2 aromatic rings. The average Bonchev–Trinajstić information content (AvgIpc) is 2.74. The van der Waals surface area contributed by atoms with Gasteiger partial charge in [-0.25, -0.2) is 4.79 Å². The Bertz CT molecular complexity index is 773. The summed E-state index contributed by atoms with van der Waals surface area (Å²) in [6, 6.07) is 17.1. The Morgan fingerprint density at radius 2 is 1.82 bits per heavy atom. The Labute approximate surface area is 165 Å². The number of likely N-dealkylation sites (tertiary alicyclic amines) is 1. The highest BCUT2D eigenvalue weighted by molar-refractivity contribution is 5.87. The largest absolute Gasteiger partial charge is 0.478 e. The average molecular weight is 381 g/mol. The van der Waals surface area contributed by atoms with Crippen LogP contribution in [0.25, 0.3) is 0 Å². The number of hydrogen-bond donors (Lipinski definition) is 1. The first-order chi connectivity index (χ1) is 13.6. The Morgan fingerprint density at radius 1 is 1.07 bits per heavy atom. The van der Waals surface area contributed by atoms with Crippen LogP contribution < -0.4 is 0 Å². The molecule has 28 heavy (non-hydrogen) atoms. The van der Waals surface area contributed by atoms with Crippen molar-refractivity contribution in [3.63, 3.8) is 0 Å². The number of aromatic carboxylic acids is 1. The number of carbonyl (C=O) groups excluding carboxylic acids is 1. The molecular weight excluding hydrogens is 354 g/mol. The highest BCUT2D eigenvalue weighted by Gasteiger charge is 2.24. The van der Waals surface area contributed by atoms with E-state index in [1.165, 1.54) is 0 Å². The van der Waals surface area contributed by atoms with Crippen molar-refractivity contribution in [2.24, 2.45) is 0 Å². The van der Waals surface area contributed by atoms with Crippen molar-refractivity contribution < 1.29 is 19.4 Å². The van der Waals surface area contributed by atoms with E-state index in [9.17, 15) is 9.59 Å². The second-order valence-corrected chi connectivity index (χ2v) is 7.25. The minimum absolute atomic E-state index is 0.176. The molecule has 0 unspecified atom stereocenters. The van der Waals surface area contributed by atoms with Crippen molar-refractivity contribution in [2.45, 2.75) is 38.2 Å². The topological polar surface area (TPSA) is 66.8 Å². The summed E-state index contributed by atoms with van der Waals surface area (Å²) in [4.78, 5) is 25.5. The van der Waals surface area contributed by atoms with Gasteiger partial charge in [0.15, 0.2) is 0 Å². The Morgan fingerprint density at radius 3 is 2.54 bits per heavy atom. The lowest BCUT2D eigenvalue weighted by Crippen LogP contribution is -2.39. The monoisotopic (exact) mass is 381 g/mol. The van der Waals surface area contributed by atoms with E-state index in [2.05, 4.69) is 0 Å². The zero-order chi connectivity index (χ0) is 19.8. The smallest absolute Gasteiger partial charge is 0.335 e. The standard InChI is InChI=1S/C23H27NO4/c25-22(9-5-15-28-17-18-6-2-1-3-7-18)24-14-4-8-21(16-24)19-10-12-20(13-11-19)23(26)27/h1-3,6-7,10-13,21H,4-5,8-9,14-17H2,(H,26,27)/t21-/m0/s1. The summed E-state index contributed by atoms with van der Waals surface area (Å²) in [6.45, 7) is 2.66. The molecular formula is C23H27NO4. The molecule has 5 nitrogen and oxygen atoms in total. The molecule has 0 aromatic heterocycles. The highest BCUT2D eigenvalue weighted by atomic mass is 16.5. The van der Waals surface area contributed by atoms with E-state index in [1.54, 1.807) is 12.1 Å². The fraction of sp³-hybridized carbons (Fsp3) is 0.391. The maximum atomic E-state index is 12.5. The van der Waals surface area contributed by atoms with Crippen LogP contribution in [0.2, 0.25) is 0 Å². The third-order valence-corrected chi connectivity index (χ3v) is 5.19. The van der Waals surface area contributed by atoms with Crippen LogP contribution in [0.4, 0.5) is 0 Å². The van der Waals surface area contributed by atoms with Crippen LogP contribution in [0.3, 0.4) is 0 Å². The number of amides is 1. The maximum Gasteiger partial charge on any atom is 0.335 e. The summed E-state index contributed by atoms with van der Waals surface area (Å²) in [5, 5.41) is 9.02. The first-order valence-corrected chi connectivity index (χ1v) is 9.86. The fourth-order valence-electron chi connectivity index (χ4n) is 3.62. The summed E-state index contributed by atoms with van der Waals surface area (Å²) in [5.74, 6) is -0.466. The van der Waals surface area contributed by atoms with Crippen LogP contribution in [-0.2, 0) is 16.1 Å². The molecule has 0 spiro atoms. The number of piperidine rings is 1. The van der Waals surface area contributed by atoms with E-state index in [1.807, 2.05) is 47.4 Å².